The molecule has 0 aliphatic carbocycles. The number of halogens is 3. The summed E-state index contributed by atoms with van der Waals surface area (Å²) in [5, 5.41) is 0. The molecule has 0 saturated carbocycles. The second-order valence-electron chi connectivity index (χ2n) is 3.64. The summed E-state index contributed by atoms with van der Waals surface area (Å²) < 4.78 is 28.5. The highest BCUT2D eigenvalue weighted by atomic mass is 79.9. The van der Waals surface area contributed by atoms with Gasteiger partial charge in [-0.05, 0) is 43.0 Å². The van der Waals surface area contributed by atoms with Crippen molar-refractivity contribution in [3.63, 3.8) is 0 Å². The second kappa shape index (κ2) is 6.81. The molecule has 0 saturated heterocycles. The first-order valence-electron chi connectivity index (χ1n) is 5.18. The highest BCUT2D eigenvalue weighted by Crippen LogP contribution is 2.22. The van der Waals surface area contributed by atoms with E-state index in [4.69, 9.17) is 0 Å². The van der Waals surface area contributed by atoms with E-state index < -0.39 is 6.61 Å². The molecule has 5 heteroatoms. The van der Waals surface area contributed by atoms with Crippen molar-refractivity contribution < 1.29 is 18.3 Å². The van der Waals surface area contributed by atoms with Gasteiger partial charge in [0.15, 0.2) is 0 Å². The number of hydrogen-bond donors (Lipinski definition) is 0. The van der Waals surface area contributed by atoms with Gasteiger partial charge in [0.05, 0.1) is 6.61 Å². The molecule has 1 aromatic carbocycles. The Bertz CT molecular complexity index is 394. The Hall–Kier alpha value is -0.810. The fraction of sp³-hybridized carbons (Fsp3) is 0.417. The standard InChI is InChI=1S/C12H13BrF2O2/c1-8-10(3-2-4-17-12(14)15)5-9(7-16)6-11(8)13/h5-7,12H,2-4H2,1H3. The van der Waals surface area contributed by atoms with Gasteiger partial charge in [0.2, 0.25) is 0 Å². The second-order valence-corrected chi connectivity index (χ2v) is 4.49. The molecule has 0 spiro atoms. The number of rotatable bonds is 6. The number of aryl methyl sites for hydroxylation is 1. The quantitative estimate of drug-likeness (QED) is 0.591. The van der Waals surface area contributed by atoms with Crippen LogP contribution in [0, 0.1) is 6.92 Å². The largest absolute Gasteiger partial charge is 0.345 e. The summed E-state index contributed by atoms with van der Waals surface area (Å²) in [6.07, 6.45) is 1.88. The van der Waals surface area contributed by atoms with E-state index in [2.05, 4.69) is 20.7 Å². The minimum atomic E-state index is -2.72. The highest BCUT2D eigenvalue weighted by molar-refractivity contribution is 9.10. The lowest BCUT2D eigenvalue weighted by atomic mass is 10.0. The average molecular weight is 307 g/mol. The van der Waals surface area contributed by atoms with Crippen molar-refractivity contribution in [2.24, 2.45) is 0 Å². The van der Waals surface area contributed by atoms with E-state index in [-0.39, 0.29) is 6.61 Å². The Labute approximate surface area is 107 Å². The highest BCUT2D eigenvalue weighted by Gasteiger charge is 2.06. The monoisotopic (exact) mass is 306 g/mol. The molecule has 0 aliphatic rings. The van der Waals surface area contributed by atoms with Crippen molar-refractivity contribution in [1.29, 1.82) is 0 Å². The first-order chi connectivity index (χ1) is 8.04. The molecule has 17 heavy (non-hydrogen) atoms. The maximum Gasteiger partial charge on any atom is 0.345 e. The zero-order valence-corrected chi connectivity index (χ0v) is 11.0. The fourth-order valence-corrected chi connectivity index (χ4v) is 2.04. The van der Waals surface area contributed by atoms with Crippen molar-refractivity contribution >= 4 is 22.2 Å². The number of hydrogen-bond acceptors (Lipinski definition) is 2. The van der Waals surface area contributed by atoms with Gasteiger partial charge in [-0.25, -0.2) is 0 Å². The molecule has 1 rings (SSSR count). The minimum absolute atomic E-state index is 0.0139. The van der Waals surface area contributed by atoms with Gasteiger partial charge in [0, 0.05) is 10.0 Å². The van der Waals surface area contributed by atoms with Crippen LogP contribution in [0.5, 0.6) is 0 Å². The number of carbonyl (C=O) groups excluding carboxylic acids is 1. The fourth-order valence-electron chi connectivity index (χ4n) is 1.52. The Kier molecular flexibility index (Phi) is 5.71. The van der Waals surface area contributed by atoms with Crippen LogP contribution in [0.2, 0.25) is 0 Å². The maximum atomic E-state index is 11.7. The van der Waals surface area contributed by atoms with E-state index in [1.165, 1.54) is 0 Å². The van der Waals surface area contributed by atoms with E-state index >= 15 is 0 Å². The van der Waals surface area contributed by atoms with Gasteiger partial charge in [-0.15, -0.1) is 0 Å². The van der Waals surface area contributed by atoms with Crippen molar-refractivity contribution in [2.45, 2.75) is 26.4 Å². The third-order valence-electron chi connectivity index (χ3n) is 2.44. The van der Waals surface area contributed by atoms with Crippen LogP contribution in [0.25, 0.3) is 0 Å². The van der Waals surface area contributed by atoms with Gasteiger partial charge in [-0.1, -0.05) is 15.9 Å². The molecular weight excluding hydrogens is 294 g/mol. The van der Waals surface area contributed by atoms with Crippen LogP contribution in [-0.4, -0.2) is 19.5 Å². The Balaban J connectivity index is 2.63. The third-order valence-corrected chi connectivity index (χ3v) is 3.27. The third kappa shape index (κ3) is 4.52. The van der Waals surface area contributed by atoms with E-state index in [0.29, 0.717) is 18.4 Å². The molecule has 0 unspecified atom stereocenters. The number of ether oxygens (including phenoxy) is 1. The molecule has 0 N–H and O–H groups in total. The first kappa shape index (κ1) is 14.3. The topological polar surface area (TPSA) is 26.3 Å². The summed E-state index contributed by atoms with van der Waals surface area (Å²) in [5.41, 5.74) is 2.57. The summed E-state index contributed by atoms with van der Waals surface area (Å²) in [6.45, 7) is -0.786. The molecule has 0 bridgehead atoms. The van der Waals surface area contributed by atoms with Crippen LogP contribution in [0.4, 0.5) is 8.78 Å². The van der Waals surface area contributed by atoms with Gasteiger partial charge in [0.25, 0.3) is 0 Å². The molecule has 0 heterocycles. The predicted molar refractivity (Wildman–Crippen MR) is 64.5 cm³/mol. The summed E-state index contributed by atoms with van der Waals surface area (Å²) in [5.74, 6) is 0. The van der Waals surface area contributed by atoms with E-state index in [0.717, 1.165) is 21.9 Å². The summed E-state index contributed by atoms with van der Waals surface area (Å²) >= 11 is 3.36. The molecular formula is C12H13BrF2O2. The zero-order chi connectivity index (χ0) is 12.8. The Morgan fingerprint density at radius 3 is 2.76 bits per heavy atom. The molecule has 0 radical (unpaired) electrons. The van der Waals surface area contributed by atoms with Crippen LogP contribution in [0.3, 0.4) is 0 Å². The lowest BCUT2D eigenvalue weighted by Crippen LogP contribution is -2.03. The Morgan fingerprint density at radius 1 is 1.47 bits per heavy atom. The van der Waals surface area contributed by atoms with Crippen LogP contribution in [0.15, 0.2) is 16.6 Å². The van der Waals surface area contributed by atoms with Gasteiger partial charge in [0.1, 0.15) is 6.29 Å². The maximum absolute atomic E-state index is 11.7. The van der Waals surface area contributed by atoms with Crippen molar-refractivity contribution in [3.05, 3.63) is 33.3 Å². The van der Waals surface area contributed by atoms with Gasteiger partial charge >= 0.3 is 6.61 Å². The molecule has 0 amide bonds. The smallest absolute Gasteiger partial charge is 0.323 e. The molecule has 2 nitrogen and oxygen atoms in total. The summed E-state index contributed by atoms with van der Waals surface area (Å²) in [6, 6.07) is 3.51. The summed E-state index contributed by atoms with van der Waals surface area (Å²) in [4.78, 5) is 10.7. The molecule has 0 aliphatic heterocycles. The molecule has 1 aromatic rings. The van der Waals surface area contributed by atoms with Crippen molar-refractivity contribution in [1.82, 2.24) is 0 Å². The van der Waals surface area contributed by atoms with Crippen molar-refractivity contribution in [2.75, 3.05) is 6.61 Å². The van der Waals surface area contributed by atoms with Crippen LogP contribution in [0.1, 0.15) is 27.9 Å². The zero-order valence-electron chi connectivity index (χ0n) is 9.38. The minimum Gasteiger partial charge on any atom is -0.323 e. The predicted octanol–water partition coefficient (Wildman–Crippen LogP) is 3.74. The molecule has 0 atom stereocenters. The van der Waals surface area contributed by atoms with E-state index in [1.807, 2.05) is 6.92 Å². The molecule has 0 aromatic heterocycles. The van der Waals surface area contributed by atoms with Crippen LogP contribution < -0.4 is 0 Å². The number of benzene rings is 1. The number of aldehydes is 1. The number of alkyl halides is 2. The van der Waals surface area contributed by atoms with Crippen LogP contribution in [-0.2, 0) is 11.2 Å². The van der Waals surface area contributed by atoms with Gasteiger partial charge in [-0.3, -0.25) is 4.79 Å². The van der Waals surface area contributed by atoms with Crippen LogP contribution >= 0.6 is 15.9 Å². The Morgan fingerprint density at radius 2 is 2.18 bits per heavy atom. The first-order valence-corrected chi connectivity index (χ1v) is 5.98. The molecule has 94 valence electrons. The normalized spacial score (nSPS) is 10.9. The SMILES string of the molecule is Cc1c(Br)cc(C=O)cc1CCCOC(F)F. The summed E-state index contributed by atoms with van der Waals surface area (Å²) in [7, 11) is 0. The molecule has 0 fully saturated rings. The number of carbonyl (C=O) groups is 1. The van der Waals surface area contributed by atoms with Crippen molar-refractivity contribution in [3.8, 4) is 0 Å². The average Bonchev–Trinajstić information content (AvgIpc) is 2.29. The van der Waals surface area contributed by atoms with E-state index in [9.17, 15) is 13.6 Å². The lowest BCUT2D eigenvalue weighted by molar-refractivity contribution is -0.129. The van der Waals surface area contributed by atoms with E-state index in [1.54, 1.807) is 12.1 Å². The lowest BCUT2D eigenvalue weighted by Gasteiger charge is -2.09. The van der Waals surface area contributed by atoms with Gasteiger partial charge in [-0.2, -0.15) is 8.78 Å². The van der Waals surface area contributed by atoms with Gasteiger partial charge < -0.3 is 4.74 Å².